The summed E-state index contributed by atoms with van der Waals surface area (Å²) in [5.74, 6) is 1.81. The van der Waals surface area contributed by atoms with Crippen molar-refractivity contribution in [3.8, 4) is 0 Å². The highest BCUT2D eigenvalue weighted by atomic mass is 79.9. The number of amides is 1. The topological polar surface area (TPSA) is 32.3 Å². The van der Waals surface area contributed by atoms with Crippen molar-refractivity contribution >= 4 is 21.8 Å². The normalized spacial score (nSPS) is 21.6. The molecule has 1 N–H and O–H groups in total. The maximum atomic E-state index is 11.9. The van der Waals surface area contributed by atoms with Gasteiger partial charge in [-0.15, -0.1) is 0 Å². The van der Waals surface area contributed by atoms with Crippen LogP contribution in [0.2, 0.25) is 0 Å². The maximum Gasteiger partial charge on any atom is 0.220 e. The van der Waals surface area contributed by atoms with Gasteiger partial charge in [0.2, 0.25) is 5.91 Å². The predicted molar refractivity (Wildman–Crippen MR) is 104 cm³/mol. The van der Waals surface area contributed by atoms with Gasteiger partial charge in [-0.2, -0.15) is 0 Å². The van der Waals surface area contributed by atoms with E-state index in [-0.39, 0.29) is 5.91 Å². The molecular formula is C20H31BrN2O. The van der Waals surface area contributed by atoms with E-state index in [1.165, 1.54) is 38.0 Å². The van der Waals surface area contributed by atoms with Crippen molar-refractivity contribution in [1.29, 1.82) is 0 Å². The van der Waals surface area contributed by atoms with Gasteiger partial charge in [0.1, 0.15) is 0 Å². The third-order valence-electron chi connectivity index (χ3n) is 4.75. The number of halogens is 1. The zero-order valence-corrected chi connectivity index (χ0v) is 16.6. The highest BCUT2D eigenvalue weighted by molar-refractivity contribution is 9.10. The average molecular weight is 395 g/mol. The third-order valence-corrected chi connectivity index (χ3v) is 5.52. The number of hydrogen-bond donors (Lipinski definition) is 1. The zero-order chi connectivity index (χ0) is 17.4. The molecule has 134 valence electrons. The lowest BCUT2D eigenvalue weighted by Crippen LogP contribution is -2.39. The zero-order valence-electron chi connectivity index (χ0n) is 15.1. The molecule has 0 spiro atoms. The van der Waals surface area contributed by atoms with Crippen LogP contribution >= 0.6 is 15.9 Å². The van der Waals surface area contributed by atoms with E-state index in [9.17, 15) is 4.79 Å². The van der Waals surface area contributed by atoms with Gasteiger partial charge < -0.3 is 10.2 Å². The van der Waals surface area contributed by atoms with Gasteiger partial charge in [-0.05, 0) is 55.7 Å². The summed E-state index contributed by atoms with van der Waals surface area (Å²) in [6, 6.07) is 8.10. The number of aryl methyl sites for hydroxylation is 1. The molecule has 0 radical (unpaired) electrons. The number of carbonyl (C=O) groups is 1. The summed E-state index contributed by atoms with van der Waals surface area (Å²) in [5.41, 5.74) is 1.20. The Kier molecular flexibility index (Phi) is 8.26. The fourth-order valence-electron chi connectivity index (χ4n) is 3.70. The Bertz CT molecular complexity index is 510. The third kappa shape index (κ3) is 6.94. The Morgan fingerprint density at radius 3 is 2.62 bits per heavy atom. The average Bonchev–Trinajstić information content (AvgIpc) is 2.53. The molecule has 3 nitrogen and oxygen atoms in total. The highest BCUT2D eigenvalue weighted by Gasteiger charge is 2.20. The molecule has 1 aliphatic rings. The Morgan fingerprint density at radius 2 is 1.92 bits per heavy atom. The van der Waals surface area contributed by atoms with Gasteiger partial charge in [0, 0.05) is 30.5 Å². The minimum atomic E-state index is 0.158. The lowest BCUT2D eigenvalue weighted by molar-refractivity contribution is -0.121. The summed E-state index contributed by atoms with van der Waals surface area (Å²) in [5, 5.41) is 3.05. The lowest BCUT2D eigenvalue weighted by atomic mass is 9.92. The van der Waals surface area contributed by atoms with E-state index in [4.69, 9.17) is 0 Å². The molecule has 1 amide bonds. The number of rotatable bonds is 8. The molecule has 1 aliphatic heterocycles. The van der Waals surface area contributed by atoms with Crippen LogP contribution in [0.15, 0.2) is 28.7 Å². The molecule has 1 heterocycles. The fraction of sp³-hybridized carbons (Fsp3) is 0.650. The van der Waals surface area contributed by atoms with E-state index in [0.29, 0.717) is 6.42 Å². The van der Waals surface area contributed by atoms with E-state index in [0.717, 1.165) is 35.7 Å². The number of likely N-dealkylation sites (tertiary alicyclic amines) is 1. The fourth-order valence-corrected chi connectivity index (χ4v) is 4.18. The minimum Gasteiger partial charge on any atom is -0.356 e. The SMILES string of the molecule is CC1CC(C)CN(CCCCNC(=O)CCc2ccccc2Br)C1. The molecule has 24 heavy (non-hydrogen) atoms. The maximum absolute atomic E-state index is 11.9. The van der Waals surface area contributed by atoms with E-state index < -0.39 is 0 Å². The largest absolute Gasteiger partial charge is 0.356 e. The molecule has 1 aromatic carbocycles. The molecule has 0 saturated carbocycles. The van der Waals surface area contributed by atoms with Crippen molar-refractivity contribution in [1.82, 2.24) is 10.2 Å². The van der Waals surface area contributed by atoms with Gasteiger partial charge in [0.15, 0.2) is 0 Å². The second-order valence-corrected chi connectivity index (χ2v) is 8.21. The summed E-state index contributed by atoms with van der Waals surface area (Å²) in [7, 11) is 0. The van der Waals surface area contributed by atoms with Gasteiger partial charge in [0.25, 0.3) is 0 Å². The first-order valence-corrected chi connectivity index (χ1v) is 10.1. The van der Waals surface area contributed by atoms with Gasteiger partial charge in [-0.25, -0.2) is 0 Å². The molecular weight excluding hydrogens is 364 g/mol. The van der Waals surface area contributed by atoms with E-state index in [1.807, 2.05) is 18.2 Å². The van der Waals surface area contributed by atoms with Crippen LogP contribution < -0.4 is 5.32 Å². The number of unbranched alkanes of at least 4 members (excludes halogenated alkanes) is 1. The first kappa shape index (κ1) is 19.5. The van der Waals surface area contributed by atoms with Crippen LogP contribution in [-0.4, -0.2) is 37.0 Å². The number of nitrogens with one attached hydrogen (secondary N) is 1. The van der Waals surface area contributed by atoms with Crippen LogP contribution in [0.5, 0.6) is 0 Å². The monoisotopic (exact) mass is 394 g/mol. The highest BCUT2D eigenvalue weighted by Crippen LogP contribution is 2.21. The van der Waals surface area contributed by atoms with Crippen LogP contribution in [0.4, 0.5) is 0 Å². The van der Waals surface area contributed by atoms with Crippen molar-refractivity contribution in [2.45, 2.75) is 46.0 Å². The van der Waals surface area contributed by atoms with Crippen LogP contribution in [0.1, 0.15) is 45.1 Å². The Hall–Kier alpha value is -0.870. The molecule has 0 bridgehead atoms. The smallest absolute Gasteiger partial charge is 0.220 e. The number of nitrogens with zero attached hydrogens (tertiary/aromatic N) is 1. The minimum absolute atomic E-state index is 0.158. The number of hydrogen-bond acceptors (Lipinski definition) is 2. The second kappa shape index (κ2) is 10.2. The van der Waals surface area contributed by atoms with Gasteiger partial charge in [-0.1, -0.05) is 48.0 Å². The Labute approximate surface area is 155 Å². The summed E-state index contributed by atoms with van der Waals surface area (Å²) >= 11 is 3.53. The van der Waals surface area contributed by atoms with Gasteiger partial charge in [-0.3, -0.25) is 4.79 Å². The van der Waals surface area contributed by atoms with Gasteiger partial charge in [0.05, 0.1) is 0 Å². The quantitative estimate of drug-likeness (QED) is 0.668. The van der Waals surface area contributed by atoms with Crippen molar-refractivity contribution in [2.24, 2.45) is 11.8 Å². The van der Waals surface area contributed by atoms with Crippen LogP contribution in [0.3, 0.4) is 0 Å². The van der Waals surface area contributed by atoms with Crippen molar-refractivity contribution < 1.29 is 4.79 Å². The second-order valence-electron chi connectivity index (χ2n) is 7.35. The lowest BCUT2D eigenvalue weighted by Gasteiger charge is -2.34. The van der Waals surface area contributed by atoms with Crippen molar-refractivity contribution in [3.63, 3.8) is 0 Å². The molecule has 2 atom stereocenters. The molecule has 1 aromatic rings. The summed E-state index contributed by atoms with van der Waals surface area (Å²) in [6.07, 6.45) is 4.95. The summed E-state index contributed by atoms with van der Waals surface area (Å²) in [6.45, 7) is 9.16. The van der Waals surface area contributed by atoms with E-state index >= 15 is 0 Å². The van der Waals surface area contributed by atoms with E-state index in [2.05, 4.69) is 46.1 Å². The van der Waals surface area contributed by atoms with Crippen molar-refractivity contribution in [2.75, 3.05) is 26.2 Å². The summed E-state index contributed by atoms with van der Waals surface area (Å²) in [4.78, 5) is 14.5. The van der Waals surface area contributed by atoms with E-state index in [1.54, 1.807) is 0 Å². The number of benzene rings is 1. The predicted octanol–water partition coefficient (Wildman–Crippen LogP) is 4.26. The Morgan fingerprint density at radius 1 is 1.21 bits per heavy atom. The molecule has 4 heteroatoms. The van der Waals surface area contributed by atoms with Crippen molar-refractivity contribution in [3.05, 3.63) is 34.3 Å². The number of piperidine rings is 1. The van der Waals surface area contributed by atoms with Crippen LogP contribution in [0, 0.1) is 11.8 Å². The molecule has 2 unspecified atom stereocenters. The Balaban J connectivity index is 1.54. The molecule has 2 rings (SSSR count). The van der Waals surface area contributed by atoms with Crippen LogP contribution in [-0.2, 0) is 11.2 Å². The first-order valence-electron chi connectivity index (χ1n) is 9.27. The first-order chi connectivity index (χ1) is 11.5. The van der Waals surface area contributed by atoms with Crippen LogP contribution in [0.25, 0.3) is 0 Å². The molecule has 0 aliphatic carbocycles. The summed E-state index contributed by atoms with van der Waals surface area (Å²) < 4.78 is 1.09. The number of carbonyl (C=O) groups excluding carboxylic acids is 1. The molecule has 1 saturated heterocycles. The molecule has 0 aromatic heterocycles. The standard InChI is InChI=1S/C20H31BrN2O/c1-16-13-17(2)15-23(14-16)12-6-5-11-22-20(24)10-9-18-7-3-4-8-19(18)21/h3-4,7-8,16-17H,5-6,9-15H2,1-2H3,(H,22,24). The van der Waals surface area contributed by atoms with Gasteiger partial charge >= 0.3 is 0 Å². The molecule has 1 fully saturated rings.